The Balaban J connectivity index is 1.36. The van der Waals surface area contributed by atoms with E-state index in [0.29, 0.717) is 19.6 Å². The van der Waals surface area contributed by atoms with Crippen LogP contribution in [0.3, 0.4) is 0 Å². The molecule has 0 aliphatic carbocycles. The highest BCUT2D eigenvalue weighted by Gasteiger charge is 2.23. The minimum Gasteiger partial charge on any atom is -0.494 e. The fourth-order valence-corrected chi connectivity index (χ4v) is 4.68. The molecule has 0 unspecified atom stereocenters. The van der Waals surface area contributed by atoms with E-state index in [-0.39, 0.29) is 6.03 Å². The molecule has 3 aromatic rings. The number of aromatic nitrogens is 1. The van der Waals surface area contributed by atoms with Crippen molar-refractivity contribution >= 4 is 44.1 Å². The molecule has 0 atom stereocenters. The molecule has 1 aliphatic rings. The number of methoxy groups -OCH3 is 1. The molecule has 3 heterocycles. The first-order valence-electron chi connectivity index (χ1n) is 8.48. The number of anilines is 1. The summed E-state index contributed by atoms with van der Waals surface area (Å²) in [5.41, 5.74) is 0.908. The summed E-state index contributed by atoms with van der Waals surface area (Å²) in [6, 6.07) is 10.0. The second kappa shape index (κ2) is 7.51. The minimum absolute atomic E-state index is 0.00372. The topological polar surface area (TPSA) is 57.7 Å². The molecule has 1 N–H and O–H groups in total. The molecule has 1 saturated heterocycles. The van der Waals surface area contributed by atoms with E-state index in [4.69, 9.17) is 9.72 Å². The van der Waals surface area contributed by atoms with Crippen LogP contribution in [0.1, 0.15) is 4.88 Å². The predicted molar refractivity (Wildman–Crippen MR) is 107 cm³/mol. The van der Waals surface area contributed by atoms with Crippen molar-refractivity contribution in [2.45, 2.75) is 6.54 Å². The molecule has 26 heavy (non-hydrogen) atoms. The summed E-state index contributed by atoms with van der Waals surface area (Å²) in [7, 11) is 1.67. The molecule has 0 radical (unpaired) electrons. The average Bonchev–Trinajstić information content (AvgIpc) is 3.35. The summed E-state index contributed by atoms with van der Waals surface area (Å²) in [6.07, 6.45) is 0. The summed E-state index contributed by atoms with van der Waals surface area (Å²) in [5.74, 6) is 0.802. The molecule has 136 valence electrons. The van der Waals surface area contributed by atoms with Crippen molar-refractivity contribution in [1.29, 1.82) is 0 Å². The number of fused-ring (bicyclic) bond motifs is 1. The molecule has 8 heteroatoms. The van der Waals surface area contributed by atoms with Crippen LogP contribution in [0, 0.1) is 0 Å². The summed E-state index contributed by atoms with van der Waals surface area (Å²) < 4.78 is 6.52. The number of carbonyl (C=O) groups is 1. The van der Waals surface area contributed by atoms with E-state index in [0.717, 1.165) is 34.2 Å². The highest BCUT2D eigenvalue weighted by Crippen LogP contribution is 2.34. The number of hydrogen-bond acceptors (Lipinski definition) is 6. The van der Waals surface area contributed by atoms with Gasteiger partial charge in [-0.2, -0.15) is 0 Å². The number of thiophene rings is 1. The van der Waals surface area contributed by atoms with Gasteiger partial charge in [0.1, 0.15) is 11.3 Å². The molecule has 1 fully saturated rings. The molecule has 2 aromatic heterocycles. The van der Waals surface area contributed by atoms with Crippen LogP contribution in [0.15, 0.2) is 35.7 Å². The number of thiazole rings is 1. The van der Waals surface area contributed by atoms with Gasteiger partial charge in [-0.25, -0.2) is 9.78 Å². The standard InChI is InChI=1S/C18H20N4O2S2/c1-24-14-5-2-6-15-16(14)20-18(26-15)22-9-7-21(8-10-22)17(23)19-12-13-4-3-11-25-13/h2-6,11H,7-10,12H2,1H3,(H,19,23). The molecule has 0 spiro atoms. The van der Waals surface area contributed by atoms with Gasteiger partial charge in [-0.05, 0) is 23.6 Å². The molecule has 6 nitrogen and oxygen atoms in total. The number of ether oxygens (including phenoxy) is 1. The van der Waals surface area contributed by atoms with Crippen molar-refractivity contribution in [3.8, 4) is 5.75 Å². The fourth-order valence-electron chi connectivity index (χ4n) is 3.00. The van der Waals surface area contributed by atoms with Crippen LogP contribution >= 0.6 is 22.7 Å². The number of carbonyl (C=O) groups excluding carboxylic acids is 1. The second-order valence-electron chi connectivity index (χ2n) is 6.02. The Morgan fingerprint density at radius 3 is 2.81 bits per heavy atom. The third-order valence-electron chi connectivity index (χ3n) is 4.42. The van der Waals surface area contributed by atoms with E-state index in [1.807, 2.05) is 34.5 Å². The number of para-hydroxylation sites is 1. The first-order valence-corrected chi connectivity index (χ1v) is 10.2. The van der Waals surface area contributed by atoms with Gasteiger partial charge in [0, 0.05) is 31.1 Å². The van der Waals surface area contributed by atoms with Gasteiger partial charge in [0.05, 0.1) is 18.4 Å². The molecule has 1 aromatic carbocycles. The maximum Gasteiger partial charge on any atom is 0.317 e. The molecule has 1 aliphatic heterocycles. The second-order valence-corrected chi connectivity index (χ2v) is 8.06. The van der Waals surface area contributed by atoms with Crippen LogP contribution in [-0.2, 0) is 6.54 Å². The Morgan fingerprint density at radius 1 is 1.23 bits per heavy atom. The smallest absolute Gasteiger partial charge is 0.317 e. The van der Waals surface area contributed by atoms with Crippen LogP contribution in [0.5, 0.6) is 5.75 Å². The Kier molecular flexibility index (Phi) is 4.94. The lowest BCUT2D eigenvalue weighted by Crippen LogP contribution is -2.51. The monoisotopic (exact) mass is 388 g/mol. The summed E-state index contributed by atoms with van der Waals surface area (Å²) >= 11 is 3.32. The molecule has 2 amide bonds. The third kappa shape index (κ3) is 3.47. The number of nitrogens with zero attached hydrogens (tertiary/aromatic N) is 3. The maximum absolute atomic E-state index is 12.3. The molecular weight excluding hydrogens is 368 g/mol. The van der Waals surface area contributed by atoms with E-state index in [1.165, 1.54) is 4.88 Å². The summed E-state index contributed by atoms with van der Waals surface area (Å²) in [5, 5.41) is 6.01. The van der Waals surface area contributed by atoms with Crippen LogP contribution in [0.25, 0.3) is 10.2 Å². The molecule has 4 rings (SSSR count). The lowest BCUT2D eigenvalue weighted by Gasteiger charge is -2.34. The minimum atomic E-state index is 0.00372. The van der Waals surface area contributed by atoms with E-state index in [9.17, 15) is 4.79 Å². The molecular formula is C18H20N4O2S2. The number of hydrogen-bond donors (Lipinski definition) is 1. The number of nitrogens with one attached hydrogen (secondary N) is 1. The molecule has 0 saturated carbocycles. The van der Waals surface area contributed by atoms with Gasteiger partial charge < -0.3 is 19.9 Å². The first kappa shape index (κ1) is 17.1. The average molecular weight is 389 g/mol. The Labute approximate surface area is 160 Å². The van der Waals surface area contributed by atoms with Crippen molar-refractivity contribution in [2.24, 2.45) is 0 Å². The first-order chi connectivity index (χ1) is 12.7. The van der Waals surface area contributed by atoms with Crippen molar-refractivity contribution in [3.63, 3.8) is 0 Å². The van der Waals surface area contributed by atoms with E-state index < -0.39 is 0 Å². The van der Waals surface area contributed by atoms with Gasteiger partial charge in [0.25, 0.3) is 0 Å². The van der Waals surface area contributed by atoms with Gasteiger partial charge in [-0.3, -0.25) is 0 Å². The van der Waals surface area contributed by atoms with E-state index in [2.05, 4.69) is 16.3 Å². The highest BCUT2D eigenvalue weighted by atomic mass is 32.1. The number of amides is 2. The number of rotatable bonds is 4. The van der Waals surface area contributed by atoms with Crippen LogP contribution < -0.4 is 15.0 Å². The predicted octanol–water partition coefficient (Wildman–Crippen LogP) is 3.40. The zero-order valence-electron chi connectivity index (χ0n) is 14.5. The SMILES string of the molecule is COc1cccc2sc(N3CCN(C(=O)NCc4cccs4)CC3)nc12. The number of urea groups is 1. The van der Waals surface area contributed by atoms with Crippen LogP contribution in [0.2, 0.25) is 0 Å². The van der Waals surface area contributed by atoms with Crippen LogP contribution in [0.4, 0.5) is 9.93 Å². The van der Waals surface area contributed by atoms with Crippen molar-refractivity contribution in [3.05, 3.63) is 40.6 Å². The normalized spacial score (nSPS) is 14.7. The quantitative estimate of drug-likeness (QED) is 0.744. The highest BCUT2D eigenvalue weighted by molar-refractivity contribution is 7.22. The van der Waals surface area contributed by atoms with Crippen molar-refractivity contribution in [1.82, 2.24) is 15.2 Å². The lowest BCUT2D eigenvalue weighted by molar-refractivity contribution is 0.194. The van der Waals surface area contributed by atoms with Crippen LogP contribution in [-0.4, -0.2) is 49.2 Å². The maximum atomic E-state index is 12.3. The fraction of sp³-hybridized carbons (Fsp3) is 0.333. The summed E-state index contributed by atoms with van der Waals surface area (Å²) in [6.45, 7) is 3.56. The Hall–Kier alpha value is -2.32. The largest absolute Gasteiger partial charge is 0.494 e. The van der Waals surface area contributed by atoms with Crippen molar-refractivity contribution < 1.29 is 9.53 Å². The Morgan fingerprint density at radius 2 is 2.08 bits per heavy atom. The van der Waals surface area contributed by atoms with Gasteiger partial charge >= 0.3 is 6.03 Å². The zero-order chi connectivity index (χ0) is 17.9. The van der Waals surface area contributed by atoms with E-state index >= 15 is 0 Å². The Bertz CT molecular complexity index is 886. The lowest BCUT2D eigenvalue weighted by atomic mass is 10.3. The molecule has 0 bridgehead atoms. The van der Waals surface area contributed by atoms with Gasteiger partial charge in [-0.1, -0.05) is 23.5 Å². The third-order valence-corrected chi connectivity index (χ3v) is 6.38. The van der Waals surface area contributed by atoms with Gasteiger partial charge in [-0.15, -0.1) is 11.3 Å². The van der Waals surface area contributed by atoms with E-state index in [1.54, 1.807) is 29.8 Å². The van der Waals surface area contributed by atoms with Gasteiger partial charge in [0.2, 0.25) is 0 Å². The summed E-state index contributed by atoms with van der Waals surface area (Å²) in [4.78, 5) is 22.4. The number of benzene rings is 1. The van der Waals surface area contributed by atoms with Crippen molar-refractivity contribution in [2.75, 3.05) is 38.2 Å². The number of piperazine rings is 1. The zero-order valence-corrected chi connectivity index (χ0v) is 16.1. The van der Waals surface area contributed by atoms with Gasteiger partial charge in [0.15, 0.2) is 5.13 Å².